The number of nitrogens with zero attached hydrogens (tertiary/aromatic N) is 1. The Morgan fingerprint density at radius 3 is 2.32 bits per heavy atom. The van der Waals surface area contributed by atoms with Crippen molar-refractivity contribution in [1.82, 2.24) is 4.57 Å². The Morgan fingerprint density at radius 1 is 0.895 bits per heavy atom. The topological polar surface area (TPSA) is 4.93 Å². The van der Waals surface area contributed by atoms with Crippen molar-refractivity contribution in [3.63, 3.8) is 0 Å². The van der Waals surface area contributed by atoms with Crippen LogP contribution in [0.3, 0.4) is 0 Å². The number of rotatable bonds is 3. The predicted molar refractivity (Wildman–Crippen MR) is 81.5 cm³/mol. The van der Waals surface area contributed by atoms with Gasteiger partial charge in [-0.25, -0.2) is 0 Å². The monoisotopic (exact) mass is 249 g/mol. The van der Waals surface area contributed by atoms with E-state index >= 15 is 0 Å². The molecule has 0 atom stereocenters. The molecule has 2 aromatic carbocycles. The van der Waals surface area contributed by atoms with Gasteiger partial charge in [0.25, 0.3) is 0 Å². The number of aryl methyl sites for hydroxylation is 2. The van der Waals surface area contributed by atoms with Crippen LogP contribution in [-0.2, 0) is 19.9 Å². The largest absolute Gasteiger partial charge is 0.350 e. The van der Waals surface area contributed by atoms with Gasteiger partial charge in [0.15, 0.2) is 0 Å². The summed E-state index contributed by atoms with van der Waals surface area (Å²) in [4.78, 5) is 0. The van der Waals surface area contributed by atoms with Crippen molar-refractivity contribution in [3.05, 3.63) is 71.4 Å². The van der Waals surface area contributed by atoms with E-state index in [0.717, 1.165) is 12.8 Å². The van der Waals surface area contributed by atoms with E-state index in [0.29, 0.717) is 0 Å². The van der Waals surface area contributed by atoms with Crippen LogP contribution in [0.1, 0.15) is 23.6 Å². The van der Waals surface area contributed by atoms with E-state index < -0.39 is 0 Å². The normalized spacial score (nSPS) is 11.1. The second kappa shape index (κ2) is 4.93. The van der Waals surface area contributed by atoms with Crippen LogP contribution >= 0.6 is 0 Å². The number of aromatic nitrogens is 1. The Kier molecular flexibility index (Phi) is 3.12. The van der Waals surface area contributed by atoms with Gasteiger partial charge in [0.05, 0.1) is 0 Å². The van der Waals surface area contributed by atoms with Gasteiger partial charge in [-0.15, -0.1) is 0 Å². The van der Waals surface area contributed by atoms with Crippen molar-refractivity contribution in [3.8, 4) is 0 Å². The summed E-state index contributed by atoms with van der Waals surface area (Å²) in [6.07, 6.45) is 4.36. The second-order valence-electron chi connectivity index (χ2n) is 5.13. The minimum atomic E-state index is 1.01. The molecule has 1 heterocycles. The van der Waals surface area contributed by atoms with Crippen LogP contribution in [0.4, 0.5) is 0 Å². The van der Waals surface area contributed by atoms with Gasteiger partial charge in [0.1, 0.15) is 0 Å². The van der Waals surface area contributed by atoms with Crippen molar-refractivity contribution >= 4 is 10.9 Å². The van der Waals surface area contributed by atoms with Crippen LogP contribution < -0.4 is 0 Å². The van der Waals surface area contributed by atoms with Crippen LogP contribution in [-0.4, -0.2) is 4.57 Å². The summed E-state index contributed by atoms with van der Waals surface area (Å²) in [6, 6.07) is 17.6. The summed E-state index contributed by atoms with van der Waals surface area (Å²) in [7, 11) is 2.12. The zero-order valence-electron chi connectivity index (χ0n) is 11.6. The number of benzene rings is 2. The molecule has 0 saturated carbocycles. The summed E-state index contributed by atoms with van der Waals surface area (Å²) < 4.78 is 2.21. The molecule has 3 aromatic rings. The lowest BCUT2D eigenvalue weighted by atomic mass is 10.0. The summed E-state index contributed by atoms with van der Waals surface area (Å²) in [5.74, 6) is 0. The molecule has 1 aromatic heterocycles. The van der Waals surface area contributed by atoms with Crippen molar-refractivity contribution in [1.29, 1.82) is 0 Å². The van der Waals surface area contributed by atoms with E-state index in [1.54, 1.807) is 0 Å². The molecule has 0 bridgehead atoms. The molecule has 96 valence electrons. The molecule has 0 unspecified atom stereocenters. The van der Waals surface area contributed by atoms with Crippen molar-refractivity contribution in [2.75, 3.05) is 0 Å². The van der Waals surface area contributed by atoms with Gasteiger partial charge in [-0.2, -0.15) is 0 Å². The highest BCUT2D eigenvalue weighted by Crippen LogP contribution is 2.23. The fourth-order valence-electron chi connectivity index (χ4n) is 2.68. The minimum Gasteiger partial charge on any atom is -0.350 e. The van der Waals surface area contributed by atoms with Crippen LogP contribution in [0.2, 0.25) is 0 Å². The quantitative estimate of drug-likeness (QED) is 0.651. The minimum absolute atomic E-state index is 1.01. The highest BCUT2D eigenvalue weighted by molar-refractivity contribution is 5.84. The third-order valence-electron chi connectivity index (χ3n) is 3.81. The highest BCUT2D eigenvalue weighted by atomic mass is 14.9. The lowest BCUT2D eigenvalue weighted by Gasteiger charge is -2.02. The van der Waals surface area contributed by atoms with Gasteiger partial charge >= 0.3 is 0 Å². The van der Waals surface area contributed by atoms with Crippen LogP contribution in [0.25, 0.3) is 10.9 Å². The lowest BCUT2D eigenvalue weighted by Crippen LogP contribution is -1.88. The van der Waals surface area contributed by atoms with E-state index in [1.807, 2.05) is 0 Å². The molecule has 0 aliphatic carbocycles. The predicted octanol–water partition coefficient (Wildman–Crippen LogP) is 4.33. The third kappa shape index (κ3) is 2.28. The second-order valence-corrected chi connectivity index (χ2v) is 5.13. The average molecular weight is 249 g/mol. The van der Waals surface area contributed by atoms with E-state index in [2.05, 4.69) is 73.3 Å². The summed E-state index contributed by atoms with van der Waals surface area (Å²) in [6.45, 7) is 2.19. The lowest BCUT2D eigenvalue weighted by molar-refractivity contribution is 0.958. The van der Waals surface area contributed by atoms with Crippen molar-refractivity contribution in [2.45, 2.75) is 19.8 Å². The SMILES string of the molecule is CCc1ccc(Cc2cn(C)c3ccccc23)cc1. The number of para-hydroxylation sites is 1. The maximum atomic E-state index is 2.25. The Morgan fingerprint density at radius 2 is 1.58 bits per heavy atom. The molecule has 0 fully saturated rings. The van der Waals surface area contributed by atoms with Gasteiger partial charge in [0.2, 0.25) is 0 Å². The molecule has 1 nitrogen and oxygen atoms in total. The zero-order valence-corrected chi connectivity index (χ0v) is 11.6. The third-order valence-corrected chi connectivity index (χ3v) is 3.81. The first-order valence-electron chi connectivity index (χ1n) is 6.88. The molecule has 0 spiro atoms. The Labute approximate surface area is 114 Å². The fourth-order valence-corrected chi connectivity index (χ4v) is 2.68. The molecule has 1 heteroatoms. The molecule has 0 saturated heterocycles. The van der Waals surface area contributed by atoms with Crippen molar-refractivity contribution < 1.29 is 0 Å². The number of hydrogen-bond acceptors (Lipinski definition) is 0. The Balaban J connectivity index is 1.96. The standard InChI is InChI=1S/C18H19N/c1-3-14-8-10-15(11-9-14)12-16-13-19(2)18-7-5-4-6-17(16)18/h4-11,13H,3,12H2,1-2H3. The molecule has 0 amide bonds. The van der Waals surface area contributed by atoms with Crippen LogP contribution in [0.5, 0.6) is 0 Å². The number of fused-ring (bicyclic) bond motifs is 1. The molecule has 0 N–H and O–H groups in total. The van der Waals surface area contributed by atoms with E-state index in [1.165, 1.54) is 27.6 Å². The van der Waals surface area contributed by atoms with E-state index in [-0.39, 0.29) is 0 Å². The highest BCUT2D eigenvalue weighted by Gasteiger charge is 2.06. The average Bonchev–Trinajstić information content (AvgIpc) is 2.77. The van der Waals surface area contributed by atoms with Gasteiger partial charge in [-0.05, 0) is 35.6 Å². The first kappa shape index (κ1) is 12.0. The van der Waals surface area contributed by atoms with Gasteiger partial charge < -0.3 is 4.57 Å². The molecule has 0 aliphatic heterocycles. The van der Waals surface area contributed by atoms with E-state index in [4.69, 9.17) is 0 Å². The molecule has 3 rings (SSSR count). The maximum absolute atomic E-state index is 2.25. The summed E-state index contributed by atoms with van der Waals surface area (Å²) >= 11 is 0. The summed E-state index contributed by atoms with van der Waals surface area (Å²) in [5.41, 5.74) is 5.50. The van der Waals surface area contributed by atoms with E-state index in [9.17, 15) is 0 Å². The number of hydrogen-bond donors (Lipinski definition) is 0. The van der Waals surface area contributed by atoms with Crippen molar-refractivity contribution in [2.24, 2.45) is 7.05 Å². The van der Waals surface area contributed by atoms with Gasteiger partial charge in [-0.3, -0.25) is 0 Å². The van der Waals surface area contributed by atoms with Crippen LogP contribution in [0.15, 0.2) is 54.7 Å². The molecule has 0 radical (unpaired) electrons. The molecule has 19 heavy (non-hydrogen) atoms. The zero-order chi connectivity index (χ0) is 13.2. The molecular formula is C18H19N. The Bertz CT molecular complexity index is 689. The van der Waals surface area contributed by atoms with Gasteiger partial charge in [-0.1, -0.05) is 49.4 Å². The Hall–Kier alpha value is -2.02. The summed E-state index contributed by atoms with van der Waals surface area (Å²) in [5, 5.41) is 1.37. The smallest absolute Gasteiger partial charge is 0.0480 e. The molecular weight excluding hydrogens is 230 g/mol. The first-order chi connectivity index (χ1) is 9.28. The van der Waals surface area contributed by atoms with Gasteiger partial charge in [0, 0.05) is 24.1 Å². The molecule has 0 aliphatic rings. The fraction of sp³-hybridized carbons (Fsp3) is 0.222. The first-order valence-corrected chi connectivity index (χ1v) is 6.88. The van der Waals surface area contributed by atoms with Crippen LogP contribution in [0, 0.1) is 0 Å². The maximum Gasteiger partial charge on any atom is 0.0480 e.